The monoisotopic (exact) mass is 318 g/mol. The van der Waals surface area contributed by atoms with Gasteiger partial charge in [-0.15, -0.1) is 5.92 Å². The van der Waals surface area contributed by atoms with Crippen molar-refractivity contribution in [3.8, 4) is 11.8 Å². The molecule has 2 saturated carbocycles. The van der Waals surface area contributed by atoms with Crippen LogP contribution < -0.4 is 0 Å². The Hall–Kier alpha value is -0.480. The summed E-state index contributed by atoms with van der Waals surface area (Å²) in [6, 6.07) is 0. The third-order valence-electron chi connectivity index (χ3n) is 5.88. The van der Waals surface area contributed by atoms with Gasteiger partial charge in [0.25, 0.3) is 0 Å². The lowest BCUT2D eigenvalue weighted by molar-refractivity contribution is 0.0591. The van der Waals surface area contributed by atoms with Gasteiger partial charge in [-0.3, -0.25) is 0 Å². The molecule has 0 radical (unpaired) electrons. The largest absolute Gasteiger partial charge is 0.377 e. The van der Waals surface area contributed by atoms with Crippen molar-refractivity contribution in [3.63, 3.8) is 0 Å². The Morgan fingerprint density at radius 3 is 2.17 bits per heavy atom. The van der Waals surface area contributed by atoms with Gasteiger partial charge in [-0.1, -0.05) is 83.5 Å². The second-order valence-electron chi connectivity index (χ2n) is 8.01. The molecule has 0 bridgehead atoms. The van der Waals surface area contributed by atoms with Crippen molar-refractivity contribution >= 4 is 0 Å². The molecule has 0 spiro atoms. The lowest BCUT2D eigenvalue weighted by atomic mass is 9.89. The first kappa shape index (κ1) is 18.9. The number of hydrogen-bond acceptors (Lipinski definition) is 1. The highest BCUT2D eigenvalue weighted by atomic mass is 16.3. The van der Waals surface area contributed by atoms with E-state index < -0.39 is 5.60 Å². The predicted octanol–water partition coefficient (Wildman–Crippen LogP) is 6.24. The Labute approximate surface area is 144 Å². The third kappa shape index (κ3) is 6.88. The maximum absolute atomic E-state index is 11.2. The van der Waals surface area contributed by atoms with Crippen molar-refractivity contribution < 1.29 is 5.11 Å². The van der Waals surface area contributed by atoms with Crippen LogP contribution in [0.15, 0.2) is 0 Å². The predicted molar refractivity (Wildman–Crippen MR) is 99.3 cm³/mol. The van der Waals surface area contributed by atoms with Crippen LogP contribution >= 0.6 is 0 Å². The van der Waals surface area contributed by atoms with E-state index in [-0.39, 0.29) is 0 Å². The molecule has 1 heteroatoms. The molecule has 0 aliphatic heterocycles. The highest BCUT2D eigenvalue weighted by molar-refractivity contribution is 5.20. The average Bonchev–Trinajstić information content (AvgIpc) is 3.32. The molecule has 0 heterocycles. The second-order valence-corrected chi connectivity index (χ2v) is 8.01. The Balaban J connectivity index is 1.89. The van der Waals surface area contributed by atoms with Crippen molar-refractivity contribution in [2.75, 3.05) is 0 Å². The molecule has 1 nitrogen and oxygen atoms in total. The van der Waals surface area contributed by atoms with E-state index in [0.717, 1.165) is 31.6 Å². The summed E-state index contributed by atoms with van der Waals surface area (Å²) in [4.78, 5) is 0. The van der Waals surface area contributed by atoms with Gasteiger partial charge in [-0.2, -0.15) is 0 Å². The first-order valence-corrected chi connectivity index (χ1v) is 10.5. The van der Waals surface area contributed by atoms with Crippen LogP contribution in [0, 0.1) is 23.7 Å². The van der Waals surface area contributed by atoms with Crippen LogP contribution in [0.1, 0.15) is 110 Å². The second kappa shape index (κ2) is 10.4. The Morgan fingerprint density at radius 1 is 0.913 bits per heavy atom. The van der Waals surface area contributed by atoms with Crippen LogP contribution in [0.5, 0.6) is 0 Å². The number of rotatable bonds is 2. The zero-order chi connectivity index (χ0) is 16.4. The van der Waals surface area contributed by atoms with E-state index in [1.54, 1.807) is 0 Å². The summed E-state index contributed by atoms with van der Waals surface area (Å²) in [5.74, 6) is 7.85. The van der Waals surface area contributed by atoms with E-state index in [4.69, 9.17) is 0 Å². The number of aliphatic hydroxyl groups is 1. The fourth-order valence-corrected chi connectivity index (χ4v) is 4.19. The van der Waals surface area contributed by atoms with Gasteiger partial charge in [0.1, 0.15) is 5.60 Å². The van der Waals surface area contributed by atoms with Gasteiger partial charge in [0.15, 0.2) is 0 Å². The topological polar surface area (TPSA) is 20.2 Å². The van der Waals surface area contributed by atoms with Crippen LogP contribution in [0.25, 0.3) is 0 Å². The van der Waals surface area contributed by atoms with Gasteiger partial charge >= 0.3 is 0 Å². The minimum Gasteiger partial charge on any atom is -0.377 e. The highest BCUT2D eigenvalue weighted by Gasteiger charge is 2.50. The average molecular weight is 319 g/mol. The van der Waals surface area contributed by atoms with Crippen LogP contribution in [-0.4, -0.2) is 10.7 Å². The third-order valence-corrected chi connectivity index (χ3v) is 5.88. The van der Waals surface area contributed by atoms with Gasteiger partial charge < -0.3 is 5.11 Å². The summed E-state index contributed by atoms with van der Waals surface area (Å²) in [5.41, 5.74) is -0.668. The summed E-state index contributed by atoms with van der Waals surface area (Å²) < 4.78 is 0. The van der Waals surface area contributed by atoms with Crippen LogP contribution in [0.4, 0.5) is 0 Å². The van der Waals surface area contributed by atoms with Crippen LogP contribution in [0.2, 0.25) is 0 Å². The fourth-order valence-electron chi connectivity index (χ4n) is 4.19. The van der Waals surface area contributed by atoms with Crippen molar-refractivity contribution in [2.45, 2.75) is 115 Å². The van der Waals surface area contributed by atoms with E-state index in [2.05, 4.69) is 18.8 Å². The Kier molecular flexibility index (Phi) is 8.52. The molecule has 2 aliphatic carbocycles. The van der Waals surface area contributed by atoms with E-state index in [9.17, 15) is 5.11 Å². The molecule has 132 valence electrons. The van der Waals surface area contributed by atoms with Gasteiger partial charge in [-0.05, 0) is 31.6 Å². The molecule has 3 atom stereocenters. The van der Waals surface area contributed by atoms with Crippen LogP contribution in [0.3, 0.4) is 0 Å². The smallest absolute Gasteiger partial charge is 0.128 e. The summed E-state index contributed by atoms with van der Waals surface area (Å²) in [6.07, 6.45) is 20.4. The molecule has 0 amide bonds. The van der Waals surface area contributed by atoms with Gasteiger partial charge in [-0.25, -0.2) is 0 Å². The van der Waals surface area contributed by atoms with E-state index in [0.29, 0.717) is 5.92 Å². The zero-order valence-electron chi connectivity index (χ0n) is 15.4. The highest BCUT2D eigenvalue weighted by Crippen LogP contribution is 2.51. The molecular weight excluding hydrogens is 280 g/mol. The maximum atomic E-state index is 11.2. The van der Waals surface area contributed by atoms with Crippen molar-refractivity contribution in [3.05, 3.63) is 0 Å². The summed E-state index contributed by atoms with van der Waals surface area (Å²) in [6.45, 7) is 2.21. The molecule has 2 aliphatic rings. The summed E-state index contributed by atoms with van der Waals surface area (Å²) in [5, 5.41) is 11.2. The summed E-state index contributed by atoms with van der Waals surface area (Å²) in [7, 11) is 0. The lowest BCUT2D eigenvalue weighted by Gasteiger charge is -2.23. The molecule has 23 heavy (non-hydrogen) atoms. The quantitative estimate of drug-likeness (QED) is 0.472. The van der Waals surface area contributed by atoms with Crippen molar-refractivity contribution in [2.24, 2.45) is 11.8 Å². The number of unbranched alkanes of at least 4 members (excludes halogenated alkanes) is 2. The fraction of sp³-hybridized carbons (Fsp3) is 0.909. The summed E-state index contributed by atoms with van der Waals surface area (Å²) >= 11 is 0. The number of fused-ring (bicyclic) bond motifs is 1. The zero-order valence-corrected chi connectivity index (χ0v) is 15.4. The Bertz CT molecular complexity index is 377. The van der Waals surface area contributed by atoms with Gasteiger partial charge in [0.2, 0.25) is 0 Å². The number of hydrogen-bond donors (Lipinski definition) is 1. The molecule has 0 aromatic rings. The lowest BCUT2D eigenvalue weighted by Crippen LogP contribution is -2.30. The van der Waals surface area contributed by atoms with Gasteiger partial charge in [0, 0.05) is 12.3 Å². The van der Waals surface area contributed by atoms with Gasteiger partial charge in [0.05, 0.1) is 0 Å². The molecule has 0 saturated heterocycles. The van der Waals surface area contributed by atoms with Crippen molar-refractivity contribution in [1.82, 2.24) is 0 Å². The molecular formula is C22H38O. The van der Waals surface area contributed by atoms with Crippen LogP contribution in [-0.2, 0) is 0 Å². The normalized spacial score (nSPS) is 33.5. The minimum atomic E-state index is -0.668. The van der Waals surface area contributed by atoms with E-state index in [1.165, 1.54) is 77.0 Å². The van der Waals surface area contributed by atoms with E-state index >= 15 is 0 Å². The SMILES string of the molecule is CCCCC#C[C@]1(O)CCCCCCCCCCCC[C@H]2C[C@@H]21. The Morgan fingerprint density at radius 2 is 1.52 bits per heavy atom. The molecule has 0 aromatic carbocycles. The maximum Gasteiger partial charge on any atom is 0.128 e. The first-order valence-electron chi connectivity index (χ1n) is 10.5. The minimum absolute atomic E-state index is 0.474. The molecule has 0 aromatic heterocycles. The molecule has 2 fully saturated rings. The molecule has 1 N–H and O–H groups in total. The molecule has 2 rings (SSSR count). The first-order chi connectivity index (χ1) is 11.3. The van der Waals surface area contributed by atoms with Crippen molar-refractivity contribution in [1.29, 1.82) is 0 Å². The molecule has 0 unspecified atom stereocenters. The standard InChI is InChI=1S/C22H38O/c1-2-3-4-14-17-22(23)18-15-12-10-8-6-5-7-9-11-13-16-20-19-21(20)22/h20-21,23H,2-13,15-16,18-19H2,1H3/t20-,21-,22-/m0/s1. The van der Waals surface area contributed by atoms with E-state index in [1.807, 2.05) is 0 Å².